The Bertz CT molecular complexity index is 2840. The van der Waals surface area contributed by atoms with Crippen LogP contribution >= 0.6 is 46.4 Å². The fourth-order valence-electron chi connectivity index (χ4n) is 11.9. The fourth-order valence-corrected chi connectivity index (χ4v) is 16.0. The van der Waals surface area contributed by atoms with Crippen LogP contribution in [0, 0.1) is 19.8 Å². The van der Waals surface area contributed by atoms with E-state index in [4.69, 9.17) is 55.9 Å². The Labute approximate surface area is 494 Å². The molecule has 0 saturated carbocycles. The van der Waals surface area contributed by atoms with Crippen molar-refractivity contribution < 1.29 is 35.9 Å². The van der Waals surface area contributed by atoms with Crippen LogP contribution in [0.25, 0.3) is 0 Å². The number of hydrogen-bond donors (Lipinski definition) is 3. The van der Waals surface area contributed by atoms with Crippen molar-refractivity contribution in [3.63, 3.8) is 0 Å². The molecule has 0 aliphatic carbocycles. The maximum atomic E-state index is 13.8. The van der Waals surface area contributed by atoms with Gasteiger partial charge in [-0.3, -0.25) is 9.69 Å². The van der Waals surface area contributed by atoms with E-state index in [1.165, 1.54) is 0 Å². The minimum Gasteiger partial charge on any atom is -0.380 e. The highest BCUT2D eigenvalue weighted by molar-refractivity contribution is 7.91. The van der Waals surface area contributed by atoms with E-state index in [9.17, 15) is 26.4 Å². The molecule has 2 saturated heterocycles. The number of sulfone groups is 1. The highest BCUT2D eigenvalue weighted by atomic mass is 35.5. The third-order valence-corrected chi connectivity index (χ3v) is 20.6. The van der Waals surface area contributed by atoms with Crippen molar-refractivity contribution in [1.82, 2.24) is 35.0 Å². The summed E-state index contributed by atoms with van der Waals surface area (Å²) in [6.45, 7) is 13.8. The van der Waals surface area contributed by atoms with E-state index in [1.54, 1.807) is 30.3 Å². The van der Waals surface area contributed by atoms with Gasteiger partial charge >= 0.3 is 6.03 Å². The van der Waals surface area contributed by atoms with Crippen LogP contribution < -0.4 is 15.4 Å². The van der Waals surface area contributed by atoms with Gasteiger partial charge in [0.25, 0.3) is 0 Å². The molecule has 4 heterocycles. The van der Waals surface area contributed by atoms with Crippen LogP contribution in [-0.4, -0.2) is 166 Å². The van der Waals surface area contributed by atoms with E-state index in [0.717, 1.165) is 96.4 Å². The van der Waals surface area contributed by atoms with Gasteiger partial charge < -0.3 is 34.8 Å². The van der Waals surface area contributed by atoms with Crippen molar-refractivity contribution in [3.05, 3.63) is 125 Å². The summed E-state index contributed by atoms with van der Waals surface area (Å²) in [5.74, 6) is 0.226. The number of ketones is 1. The molecule has 15 nitrogen and oxygen atoms in total. The second-order valence-electron chi connectivity index (χ2n) is 22.5. The molecule has 21 heteroatoms. The first-order valence-corrected chi connectivity index (χ1v) is 32.8. The number of carbonyl (C=O) groups is 2. The third kappa shape index (κ3) is 17.1. The molecule has 2 unspecified atom stereocenters. The van der Waals surface area contributed by atoms with E-state index in [0.29, 0.717) is 129 Å². The Morgan fingerprint density at radius 1 is 0.600 bits per heavy atom. The number of hydrogen-bond acceptors (Lipinski definition) is 12. The van der Waals surface area contributed by atoms with Crippen molar-refractivity contribution >= 4 is 78.1 Å². The van der Waals surface area contributed by atoms with Crippen molar-refractivity contribution in [2.45, 2.75) is 106 Å². The Hall–Kier alpha value is -3.40. The maximum absolute atomic E-state index is 13.8. The highest BCUT2D eigenvalue weighted by Gasteiger charge is 2.34. The zero-order valence-corrected chi connectivity index (χ0v) is 51.3. The van der Waals surface area contributed by atoms with Crippen LogP contribution in [0.5, 0.6) is 0 Å². The first-order chi connectivity index (χ1) is 38.2. The summed E-state index contributed by atoms with van der Waals surface area (Å²) in [6.07, 6.45) is 5.51. The highest BCUT2D eigenvalue weighted by Crippen LogP contribution is 2.42. The number of urea groups is 1. The lowest BCUT2D eigenvalue weighted by Gasteiger charge is -2.34. The first kappa shape index (κ1) is 62.6. The summed E-state index contributed by atoms with van der Waals surface area (Å²) in [6, 6.07) is 17.8. The van der Waals surface area contributed by atoms with Gasteiger partial charge in [-0.2, -0.15) is 0 Å². The van der Waals surface area contributed by atoms with Crippen molar-refractivity contribution in [2.24, 2.45) is 5.92 Å². The summed E-state index contributed by atoms with van der Waals surface area (Å²) in [4.78, 5) is 34.3. The average molecular weight is 1220 g/mol. The van der Waals surface area contributed by atoms with E-state index >= 15 is 0 Å². The molecule has 4 aromatic rings. The molecule has 438 valence electrons. The summed E-state index contributed by atoms with van der Waals surface area (Å²) in [5.41, 5.74) is 8.09. The molecule has 8 rings (SSSR count). The molecule has 0 radical (unpaired) electrons. The van der Waals surface area contributed by atoms with E-state index in [1.807, 2.05) is 58.3 Å². The van der Waals surface area contributed by atoms with Crippen LogP contribution in [0.3, 0.4) is 0 Å². The van der Waals surface area contributed by atoms with Crippen molar-refractivity contribution in [2.75, 3.05) is 112 Å². The summed E-state index contributed by atoms with van der Waals surface area (Å²) in [5, 5.41) is 8.07. The molecule has 0 aromatic heterocycles. The predicted molar refractivity (Wildman–Crippen MR) is 319 cm³/mol. The molecule has 4 aliphatic rings. The van der Waals surface area contributed by atoms with Crippen molar-refractivity contribution in [3.8, 4) is 0 Å². The molecule has 0 bridgehead atoms. The Morgan fingerprint density at radius 2 is 1.15 bits per heavy atom. The SMILES string of the molecule is Cc1ccc(S(=O)(=O)C[C@H]2CCN(CCOCCCC(=O)CCCCCNC(=O)NCCOCCN3CC[C@H](NS(=O)(=O)c4ccc(C)c(C5CN(C)Cc6c(Cl)cc(Cl)cc65)c4)C3)C2)cc1C1CN(C)Cc2c(Cl)cc(Cl)cc21. The topological polar surface area (TPSA) is 170 Å². The smallest absolute Gasteiger partial charge is 0.314 e. The molecular formula is C59H79Cl4N7O8S2. The molecule has 0 spiro atoms. The number of ether oxygens (including phenoxy) is 2. The van der Waals surface area contributed by atoms with Gasteiger partial charge in [0, 0.05) is 123 Å². The maximum Gasteiger partial charge on any atom is 0.314 e. The lowest BCUT2D eigenvalue weighted by molar-refractivity contribution is -0.119. The molecule has 3 N–H and O–H groups in total. The van der Waals surface area contributed by atoms with E-state index in [2.05, 4.69) is 35.0 Å². The zero-order valence-electron chi connectivity index (χ0n) is 46.6. The second kappa shape index (κ2) is 28.9. The number of likely N-dealkylation sites (N-methyl/N-ethyl adjacent to an activating group) is 2. The monoisotopic (exact) mass is 1220 g/mol. The van der Waals surface area contributed by atoms with Gasteiger partial charge in [0.05, 0.1) is 35.4 Å². The molecule has 4 atom stereocenters. The number of aryl methyl sites for hydroxylation is 2. The number of amides is 2. The summed E-state index contributed by atoms with van der Waals surface area (Å²) >= 11 is 26.1. The first-order valence-electron chi connectivity index (χ1n) is 28.2. The van der Waals surface area contributed by atoms with Crippen LogP contribution in [0.4, 0.5) is 4.79 Å². The Morgan fingerprint density at radius 3 is 1.79 bits per heavy atom. The molecule has 2 amide bonds. The number of nitrogens with zero attached hydrogens (tertiary/aromatic N) is 4. The van der Waals surface area contributed by atoms with Gasteiger partial charge in [-0.1, -0.05) is 65.0 Å². The quantitative estimate of drug-likeness (QED) is 0.0485. The van der Waals surface area contributed by atoms with Gasteiger partial charge in [-0.05, 0) is 172 Å². The number of likely N-dealkylation sites (tertiary alicyclic amines) is 2. The number of halogens is 4. The number of Topliss-reactive ketones (excluding diaryl/α,β-unsaturated/α-hetero) is 1. The lowest BCUT2D eigenvalue weighted by atomic mass is 9.83. The van der Waals surface area contributed by atoms with Gasteiger partial charge in [0.2, 0.25) is 10.0 Å². The Kier molecular flexibility index (Phi) is 22.7. The second-order valence-corrected chi connectivity index (χ2v) is 27.9. The largest absolute Gasteiger partial charge is 0.380 e. The van der Waals surface area contributed by atoms with E-state index < -0.39 is 19.9 Å². The fraction of sp³-hybridized carbons (Fsp3) is 0.559. The summed E-state index contributed by atoms with van der Waals surface area (Å²) in [7, 11) is -3.23. The van der Waals surface area contributed by atoms with Gasteiger partial charge in [0.1, 0.15) is 5.78 Å². The minimum absolute atomic E-state index is 0.0376. The number of sulfonamides is 1. The van der Waals surface area contributed by atoms with Crippen LogP contribution in [0.1, 0.15) is 108 Å². The van der Waals surface area contributed by atoms with Crippen LogP contribution in [-0.2, 0) is 47.2 Å². The zero-order chi connectivity index (χ0) is 57.1. The van der Waals surface area contributed by atoms with Gasteiger partial charge in [-0.15, -0.1) is 0 Å². The predicted octanol–water partition coefficient (Wildman–Crippen LogP) is 9.46. The normalized spacial score (nSPS) is 20.2. The van der Waals surface area contributed by atoms with E-state index in [-0.39, 0.29) is 46.3 Å². The van der Waals surface area contributed by atoms with Gasteiger partial charge in [-0.25, -0.2) is 26.4 Å². The lowest BCUT2D eigenvalue weighted by Crippen LogP contribution is -2.38. The molecular weight excluding hydrogens is 1140 g/mol. The standard InChI is InChI=1S/C59H79Cl4N7O8S2/c1-40-11-13-47(31-49(40)53-35-67(3)37-55-51(53)27-43(60)29-57(55)62)79(73,74)39-42-15-19-69(33-42)21-25-77-23-8-10-46(71)9-6-5-7-17-64-59(72)65-18-24-78-26-22-70-20-16-45(34-70)66-80(75,76)48-14-12-41(2)50(32-48)54-36-68(4)38-56-52(54)28-44(61)30-58(56)63/h11-14,27-32,42,45,53-54,66H,5-10,15-26,33-39H2,1-4H3,(H2,64,65,72)/t42-,45-,53?,54?/m0/s1. The molecule has 4 aliphatic heterocycles. The van der Waals surface area contributed by atoms with Crippen molar-refractivity contribution in [1.29, 1.82) is 0 Å². The molecule has 4 aromatic carbocycles. The van der Waals surface area contributed by atoms with Gasteiger partial charge in [0.15, 0.2) is 9.84 Å². The molecule has 2 fully saturated rings. The number of fused-ring (bicyclic) bond motifs is 2. The van der Waals surface area contributed by atoms with Crippen LogP contribution in [0.15, 0.2) is 70.5 Å². The number of rotatable bonds is 27. The average Bonchev–Trinajstić information content (AvgIpc) is 4.10. The Balaban J connectivity index is 0.619. The number of benzene rings is 4. The summed E-state index contributed by atoms with van der Waals surface area (Å²) < 4.78 is 69.6. The third-order valence-electron chi connectivity index (χ3n) is 16.1. The number of unbranched alkanes of at least 4 members (excludes halogenated alkanes) is 2. The molecule has 80 heavy (non-hydrogen) atoms. The number of carbonyl (C=O) groups excluding carboxylic acids is 2. The minimum atomic E-state index is -3.78. The number of nitrogens with one attached hydrogen (secondary N) is 3. The van der Waals surface area contributed by atoms with Crippen LogP contribution in [0.2, 0.25) is 20.1 Å².